The summed E-state index contributed by atoms with van der Waals surface area (Å²) in [5.74, 6) is -0.162. The lowest BCUT2D eigenvalue weighted by Crippen LogP contribution is -2.38. The van der Waals surface area contributed by atoms with Crippen LogP contribution >= 0.6 is 22.7 Å². The molecule has 0 amide bonds. The van der Waals surface area contributed by atoms with Gasteiger partial charge in [-0.25, -0.2) is 9.98 Å². The maximum absolute atomic E-state index is 14.2. The van der Waals surface area contributed by atoms with Gasteiger partial charge in [-0.1, -0.05) is 106 Å². The predicted molar refractivity (Wildman–Crippen MR) is 260 cm³/mol. The SMILES string of the molecule is O=C1/C(=N/C2=Cc3sc4c(c3C23CCCCC3)C2(CCCCC2)c2c-4sc3c2C2(CCCCC2)C(N=c2c(=O)c4cc5ccccc5cc4c2=O)=C3)C(O)c2cc3ccccc3cc21. The molecule has 3 spiro atoms. The van der Waals surface area contributed by atoms with Crippen molar-refractivity contribution >= 4 is 78.6 Å². The van der Waals surface area contributed by atoms with Crippen molar-refractivity contribution in [3.05, 3.63) is 153 Å². The normalized spacial score (nSPS) is 22.7. The average molecular weight is 875 g/mol. The lowest BCUT2D eigenvalue weighted by atomic mass is 9.59. The summed E-state index contributed by atoms with van der Waals surface area (Å²) in [5, 5.41) is 16.8. The molecular weight excluding hydrogens is 829 g/mol. The van der Waals surface area contributed by atoms with Crippen LogP contribution in [0.4, 0.5) is 0 Å². The number of nitrogens with zero attached hydrogens (tertiary/aromatic N) is 2. The fourth-order valence-electron chi connectivity index (χ4n) is 14.0. The Hall–Kier alpha value is -5.41. The number of rotatable bonds is 2. The molecule has 7 aromatic rings. The summed E-state index contributed by atoms with van der Waals surface area (Å²) in [6.45, 7) is 0. The Balaban J connectivity index is 0.936. The Morgan fingerprint density at radius 2 is 0.953 bits per heavy atom. The molecule has 2 aromatic heterocycles. The number of hydrogen-bond acceptors (Lipinski definition) is 8. The van der Waals surface area contributed by atoms with Gasteiger partial charge >= 0.3 is 0 Å². The van der Waals surface area contributed by atoms with E-state index in [9.17, 15) is 19.5 Å². The molecule has 3 fully saturated rings. The molecule has 3 saturated carbocycles. The molecule has 7 aliphatic rings. The minimum Gasteiger partial charge on any atom is -0.382 e. The van der Waals surface area contributed by atoms with E-state index in [-0.39, 0.29) is 44.0 Å². The van der Waals surface area contributed by atoms with Crippen LogP contribution in [0.25, 0.3) is 54.2 Å². The topological polar surface area (TPSA) is 96.2 Å². The Morgan fingerprint density at radius 3 is 1.45 bits per heavy atom. The number of ketones is 1. The third-order valence-corrected chi connectivity index (χ3v) is 19.3. The molecule has 7 aliphatic carbocycles. The van der Waals surface area contributed by atoms with Crippen molar-refractivity contribution < 1.29 is 9.90 Å². The van der Waals surface area contributed by atoms with Crippen LogP contribution < -0.4 is 16.2 Å². The summed E-state index contributed by atoms with van der Waals surface area (Å²) in [4.78, 5) is 58.6. The number of benzene rings is 4. The summed E-state index contributed by atoms with van der Waals surface area (Å²) < 4.78 is 0. The van der Waals surface area contributed by atoms with Crippen LogP contribution in [0.3, 0.4) is 0 Å². The monoisotopic (exact) mass is 874 g/mol. The Kier molecular flexibility index (Phi) is 7.90. The lowest BCUT2D eigenvalue weighted by Gasteiger charge is -2.44. The van der Waals surface area contributed by atoms with Crippen LogP contribution in [0.15, 0.2) is 104 Å². The van der Waals surface area contributed by atoms with Crippen LogP contribution in [0.5, 0.6) is 0 Å². The first-order valence-corrected chi connectivity index (χ1v) is 25.3. The Labute approximate surface area is 378 Å². The summed E-state index contributed by atoms with van der Waals surface area (Å²) >= 11 is 3.86. The predicted octanol–water partition coefficient (Wildman–Crippen LogP) is 12.2. The number of fused-ring (bicyclic) bond motifs is 15. The van der Waals surface area contributed by atoms with E-state index in [2.05, 4.69) is 12.2 Å². The fourth-order valence-corrected chi connectivity index (χ4v) is 17.0. The molecule has 1 N–H and O–H groups in total. The van der Waals surface area contributed by atoms with Crippen molar-refractivity contribution in [2.75, 3.05) is 0 Å². The highest BCUT2D eigenvalue weighted by Gasteiger charge is 2.59. The second-order valence-corrected chi connectivity index (χ2v) is 22.1. The Morgan fingerprint density at radius 1 is 0.516 bits per heavy atom. The van der Waals surface area contributed by atoms with Crippen LogP contribution in [-0.4, -0.2) is 16.6 Å². The van der Waals surface area contributed by atoms with Gasteiger partial charge in [0.2, 0.25) is 16.6 Å². The third-order valence-electron chi connectivity index (χ3n) is 16.9. The lowest BCUT2D eigenvalue weighted by molar-refractivity contribution is 0.106. The molecule has 64 heavy (non-hydrogen) atoms. The van der Waals surface area contributed by atoms with E-state index in [1.807, 2.05) is 95.5 Å². The van der Waals surface area contributed by atoms with Gasteiger partial charge in [-0.05, 0) is 124 Å². The fraction of sp³-hybridized carbons (Fsp3) is 0.339. The molecule has 6 nitrogen and oxygen atoms in total. The van der Waals surface area contributed by atoms with Crippen molar-refractivity contribution in [2.45, 2.75) is 119 Å². The quantitative estimate of drug-likeness (QED) is 0.187. The molecule has 0 saturated heterocycles. The van der Waals surface area contributed by atoms with Crippen LogP contribution in [0.2, 0.25) is 0 Å². The number of aliphatic imine (C=N–C) groups is 1. The van der Waals surface area contributed by atoms with E-state index < -0.39 is 6.10 Å². The smallest absolute Gasteiger partial charge is 0.216 e. The van der Waals surface area contributed by atoms with E-state index in [1.54, 1.807) is 0 Å². The molecule has 2 heterocycles. The highest BCUT2D eigenvalue weighted by Crippen LogP contribution is 2.71. The highest BCUT2D eigenvalue weighted by atomic mass is 32.1. The number of aliphatic hydroxyl groups excluding tert-OH is 1. The van der Waals surface area contributed by atoms with E-state index in [4.69, 9.17) is 9.98 Å². The molecular formula is C56H46N2O4S2. The minimum absolute atomic E-state index is 0.0688. The molecule has 0 radical (unpaired) electrons. The number of allylic oxidation sites excluding steroid dienone is 2. The molecule has 1 unspecified atom stereocenters. The van der Waals surface area contributed by atoms with Crippen molar-refractivity contribution in [1.82, 2.24) is 0 Å². The van der Waals surface area contributed by atoms with E-state index in [0.717, 1.165) is 97.1 Å². The second-order valence-electron chi connectivity index (χ2n) is 20.0. The number of carbonyl (C=O) groups excluding carboxylic acids is 1. The van der Waals surface area contributed by atoms with Gasteiger partial charge in [0.25, 0.3) is 0 Å². The van der Waals surface area contributed by atoms with Gasteiger partial charge in [-0.2, -0.15) is 0 Å². The maximum atomic E-state index is 14.2. The van der Waals surface area contributed by atoms with Gasteiger partial charge in [0.05, 0.1) is 11.4 Å². The van der Waals surface area contributed by atoms with E-state index in [0.29, 0.717) is 21.9 Å². The number of carbonyl (C=O) groups is 1. The summed E-state index contributed by atoms with van der Waals surface area (Å²) in [6, 6.07) is 23.6. The average Bonchev–Trinajstić information content (AvgIpc) is 4.16. The zero-order valence-corrected chi connectivity index (χ0v) is 37.3. The van der Waals surface area contributed by atoms with Crippen molar-refractivity contribution in [3.63, 3.8) is 0 Å². The molecule has 1 atom stereocenters. The van der Waals surface area contributed by atoms with Gasteiger partial charge in [0.1, 0.15) is 11.8 Å². The summed E-state index contributed by atoms with van der Waals surface area (Å²) in [7, 11) is 0. The van der Waals surface area contributed by atoms with Crippen molar-refractivity contribution in [3.8, 4) is 9.75 Å². The molecule has 0 aliphatic heterocycles. The molecule has 8 heteroatoms. The van der Waals surface area contributed by atoms with Gasteiger partial charge in [0, 0.05) is 52.1 Å². The summed E-state index contributed by atoms with van der Waals surface area (Å²) in [6.07, 6.45) is 19.9. The molecule has 316 valence electrons. The number of hydrogen-bond donors (Lipinski definition) is 1. The van der Waals surface area contributed by atoms with Crippen LogP contribution in [-0.2, 0) is 16.2 Å². The third kappa shape index (κ3) is 4.81. The van der Waals surface area contributed by atoms with Crippen molar-refractivity contribution in [1.29, 1.82) is 0 Å². The van der Waals surface area contributed by atoms with Gasteiger partial charge in [-0.3, -0.25) is 14.4 Å². The second kappa shape index (κ2) is 13.3. The van der Waals surface area contributed by atoms with E-state index >= 15 is 0 Å². The van der Waals surface area contributed by atoms with Gasteiger partial charge in [0.15, 0.2) is 5.36 Å². The van der Waals surface area contributed by atoms with Crippen molar-refractivity contribution in [2.24, 2.45) is 9.98 Å². The molecule has 5 aromatic carbocycles. The van der Waals surface area contributed by atoms with Crippen LogP contribution in [0.1, 0.15) is 150 Å². The van der Waals surface area contributed by atoms with Crippen LogP contribution in [0, 0.1) is 0 Å². The number of thiophene rings is 2. The molecule has 0 bridgehead atoms. The van der Waals surface area contributed by atoms with Gasteiger partial charge in [-0.15, -0.1) is 22.7 Å². The number of Topliss-reactive ketones (excluding diaryl/α,β-unsaturated/α-hetero) is 1. The summed E-state index contributed by atoms with van der Waals surface area (Å²) in [5.41, 5.74) is 8.00. The largest absolute Gasteiger partial charge is 0.382 e. The first kappa shape index (κ1) is 37.9. The maximum Gasteiger partial charge on any atom is 0.216 e. The first-order valence-electron chi connectivity index (χ1n) is 23.6. The zero-order valence-electron chi connectivity index (χ0n) is 35.6. The minimum atomic E-state index is -1.06. The Bertz CT molecular complexity index is 3460. The highest BCUT2D eigenvalue weighted by molar-refractivity contribution is 7.23. The first-order chi connectivity index (χ1) is 31.3. The van der Waals surface area contributed by atoms with Gasteiger partial charge < -0.3 is 5.11 Å². The standard InChI is InChI=1S/C56H46N2O4S2/c59-48-34-24-30-14-4-5-15-31(30)25-35(34)49(60)46(48)57-40-28-38-42(54(40)18-8-1-9-19-54)44-52(63-38)53-45(56(44)22-12-3-13-23-56)43-39(64-53)29-41(55(43)20-10-2-11-21-55)58-47-50(61)36-26-32-16-6-7-17-33(32)27-37(36)51(47)62/h4-7,14-17,24-29,48,59H,1-3,8-13,18-23H2/b57-46+. The zero-order chi connectivity index (χ0) is 42.7. The number of aliphatic hydroxyl groups is 1. The van der Waals surface area contributed by atoms with E-state index in [1.165, 1.54) is 73.9 Å². The molecule has 14 rings (SSSR count).